The lowest BCUT2D eigenvalue weighted by molar-refractivity contribution is 0.0734. The van der Waals surface area contributed by atoms with Crippen LogP contribution in [0.3, 0.4) is 0 Å². The van der Waals surface area contributed by atoms with E-state index in [0.29, 0.717) is 17.1 Å². The molecule has 3 aromatic rings. The summed E-state index contributed by atoms with van der Waals surface area (Å²) in [4.78, 5) is 17.4. The quantitative estimate of drug-likeness (QED) is 0.302. The molecule has 0 amide bonds. The van der Waals surface area contributed by atoms with E-state index in [1.54, 1.807) is 61.9 Å². The molecule has 0 saturated heterocycles. The number of benzene rings is 3. The van der Waals surface area contributed by atoms with E-state index >= 15 is 0 Å². The highest BCUT2D eigenvalue weighted by molar-refractivity contribution is 7.80. The van der Waals surface area contributed by atoms with Gasteiger partial charge in [-0.2, -0.15) is 0 Å². The van der Waals surface area contributed by atoms with Crippen molar-refractivity contribution in [3.8, 4) is 11.5 Å². The fraction of sp³-hybridized carbons (Fsp3) is 0.0476. The summed E-state index contributed by atoms with van der Waals surface area (Å²) in [7, 11) is 1.58. The van der Waals surface area contributed by atoms with Gasteiger partial charge in [0, 0.05) is 11.1 Å². The molecule has 0 fully saturated rings. The third kappa shape index (κ3) is 4.74. The third-order valence-corrected chi connectivity index (χ3v) is 3.93. The maximum Gasteiger partial charge on any atom is 0.343 e. The summed E-state index contributed by atoms with van der Waals surface area (Å²) >= 11 is 4.25. The van der Waals surface area contributed by atoms with Crippen molar-refractivity contribution in [1.29, 1.82) is 0 Å². The number of nitrogens with zero attached hydrogens (tertiary/aromatic N) is 1. The van der Waals surface area contributed by atoms with E-state index in [0.717, 1.165) is 16.1 Å². The standard InChI is InChI=1S/C21H17NO3S/c1-24-18-8-4-16(5-9-18)21(23)25-19-10-6-17(7-11-19)22-14-15-2-12-20(26)13-3-15/h2-14,26H,1H3/b22-14+. The highest BCUT2D eigenvalue weighted by Crippen LogP contribution is 2.20. The first kappa shape index (κ1) is 17.8. The lowest BCUT2D eigenvalue weighted by Gasteiger charge is -2.05. The topological polar surface area (TPSA) is 47.9 Å². The van der Waals surface area contributed by atoms with E-state index in [1.165, 1.54) is 0 Å². The van der Waals surface area contributed by atoms with Gasteiger partial charge in [-0.1, -0.05) is 12.1 Å². The maximum absolute atomic E-state index is 12.1. The first-order valence-corrected chi connectivity index (χ1v) is 8.38. The Morgan fingerprint density at radius 3 is 2.12 bits per heavy atom. The number of hydrogen-bond donors (Lipinski definition) is 1. The number of thiol groups is 1. The van der Waals surface area contributed by atoms with Crippen LogP contribution in [0, 0.1) is 0 Å². The minimum atomic E-state index is -0.421. The molecule has 0 aliphatic heterocycles. The van der Waals surface area contributed by atoms with Gasteiger partial charge in [0.15, 0.2) is 0 Å². The van der Waals surface area contributed by atoms with Crippen LogP contribution < -0.4 is 9.47 Å². The van der Waals surface area contributed by atoms with Gasteiger partial charge in [-0.05, 0) is 66.2 Å². The van der Waals surface area contributed by atoms with E-state index in [4.69, 9.17) is 9.47 Å². The van der Waals surface area contributed by atoms with E-state index in [9.17, 15) is 4.79 Å². The Morgan fingerprint density at radius 1 is 0.885 bits per heavy atom. The molecule has 0 aromatic heterocycles. The van der Waals surface area contributed by atoms with Gasteiger partial charge in [-0.15, -0.1) is 12.6 Å². The first-order valence-electron chi connectivity index (χ1n) is 7.93. The Bertz CT molecular complexity index is 901. The number of carbonyl (C=O) groups excluding carboxylic acids is 1. The van der Waals surface area contributed by atoms with Crippen molar-refractivity contribution < 1.29 is 14.3 Å². The van der Waals surface area contributed by atoms with Crippen molar-refractivity contribution in [2.24, 2.45) is 4.99 Å². The Morgan fingerprint density at radius 2 is 1.50 bits per heavy atom. The van der Waals surface area contributed by atoms with E-state index in [-0.39, 0.29) is 0 Å². The smallest absolute Gasteiger partial charge is 0.343 e. The van der Waals surface area contributed by atoms with Crippen LogP contribution in [0.4, 0.5) is 5.69 Å². The molecule has 0 aliphatic carbocycles. The van der Waals surface area contributed by atoms with E-state index < -0.39 is 5.97 Å². The zero-order valence-electron chi connectivity index (χ0n) is 14.1. The molecule has 3 aromatic carbocycles. The Balaban J connectivity index is 1.63. The fourth-order valence-electron chi connectivity index (χ4n) is 2.20. The average molecular weight is 363 g/mol. The summed E-state index contributed by atoms with van der Waals surface area (Å²) < 4.78 is 10.4. The number of carbonyl (C=O) groups is 1. The SMILES string of the molecule is COc1ccc(C(=O)Oc2ccc(/N=C/c3ccc(S)cc3)cc2)cc1. The second-order valence-corrected chi connectivity index (χ2v) is 5.98. The van der Waals surface area contributed by atoms with Gasteiger partial charge in [0.1, 0.15) is 11.5 Å². The van der Waals surface area contributed by atoms with Crippen LogP contribution >= 0.6 is 12.6 Å². The highest BCUT2D eigenvalue weighted by Gasteiger charge is 2.08. The first-order chi connectivity index (χ1) is 12.6. The van der Waals surface area contributed by atoms with Gasteiger partial charge in [0.05, 0.1) is 18.4 Å². The number of ether oxygens (including phenoxy) is 2. The number of esters is 1. The fourth-order valence-corrected chi connectivity index (χ4v) is 2.35. The maximum atomic E-state index is 12.1. The second kappa shape index (κ2) is 8.36. The van der Waals surface area contributed by atoms with Gasteiger partial charge >= 0.3 is 5.97 Å². The lowest BCUT2D eigenvalue weighted by atomic mass is 10.2. The minimum Gasteiger partial charge on any atom is -0.497 e. The van der Waals surface area contributed by atoms with Gasteiger partial charge in [-0.3, -0.25) is 4.99 Å². The third-order valence-electron chi connectivity index (χ3n) is 3.63. The van der Waals surface area contributed by atoms with Crippen LogP contribution in [0.5, 0.6) is 11.5 Å². The van der Waals surface area contributed by atoms with Crippen LogP contribution in [-0.4, -0.2) is 19.3 Å². The van der Waals surface area contributed by atoms with Gasteiger partial charge in [-0.25, -0.2) is 4.79 Å². The molecular weight excluding hydrogens is 346 g/mol. The predicted octanol–water partition coefficient (Wildman–Crippen LogP) is 4.95. The molecule has 130 valence electrons. The highest BCUT2D eigenvalue weighted by atomic mass is 32.1. The zero-order chi connectivity index (χ0) is 18.4. The predicted molar refractivity (Wildman–Crippen MR) is 105 cm³/mol. The van der Waals surface area contributed by atoms with Crippen molar-refractivity contribution in [2.75, 3.05) is 7.11 Å². The number of rotatable bonds is 5. The molecule has 0 saturated carbocycles. The van der Waals surface area contributed by atoms with E-state index in [2.05, 4.69) is 17.6 Å². The lowest BCUT2D eigenvalue weighted by Crippen LogP contribution is -2.08. The van der Waals surface area contributed by atoms with Crippen LogP contribution in [0.15, 0.2) is 82.7 Å². The largest absolute Gasteiger partial charge is 0.497 e. The molecular formula is C21H17NO3S. The monoisotopic (exact) mass is 363 g/mol. The zero-order valence-corrected chi connectivity index (χ0v) is 15.0. The van der Waals surface area contributed by atoms with Crippen molar-refractivity contribution in [1.82, 2.24) is 0 Å². The summed E-state index contributed by atoms with van der Waals surface area (Å²) in [5.41, 5.74) is 2.21. The van der Waals surface area contributed by atoms with Crippen molar-refractivity contribution in [3.05, 3.63) is 83.9 Å². The Kier molecular flexibility index (Phi) is 5.71. The van der Waals surface area contributed by atoms with Crippen molar-refractivity contribution in [2.45, 2.75) is 4.90 Å². The molecule has 0 aliphatic rings. The summed E-state index contributed by atoms with van der Waals surface area (Å²) in [6.45, 7) is 0. The van der Waals surface area contributed by atoms with Crippen molar-refractivity contribution >= 4 is 30.5 Å². The summed E-state index contributed by atoms with van der Waals surface area (Å²) in [6.07, 6.45) is 1.77. The molecule has 0 spiro atoms. The summed E-state index contributed by atoms with van der Waals surface area (Å²) in [6, 6.07) is 21.5. The molecule has 0 N–H and O–H groups in total. The second-order valence-electron chi connectivity index (χ2n) is 5.46. The Hall–Kier alpha value is -3.05. The molecule has 0 radical (unpaired) electrons. The van der Waals surface area contributed by atoms with Crippen LogP contribution in [0.2, 0.25) is 0 Å². The minimum absolute atomic E-state index is 0.421. The van der Waals surface area contributed by atoms with Gasteiger partial charge in [0.25, 0.3) is 0 Å². The normalized spacial score (nSPS) is 10.7. The summed E-state index contributed by atoms with van der Waals surface area (Å²) in [5.74, 6) is 0.729. The number of aliphatic imine (C=N–C) groups is 1. The molecule has 5 heteroatoms. The molecule has 4 nitrogen and oxygen atoms in total. The molecule has 0 heterocycles. The van der Waals surface area contributed by atoms with Crippen LogP contribution in [0.1, 0.15) is 15.9 Å². The Labute approximate surface area is 157 Å². The molecule has 0 unspecified atom stereocenters. The van der Waals surface area contributed by atoms with Gasteiger partial charge in [0.2, 0.25) is 0 Å². The van der Waals surface area contributed by atoms with Gasteiger partial charge < -0.3 is 9.47 Å². The molecule has 0 bridgehead atoms. The van der Waals surface area contributed by atoms with Crippen LogP contribution in [0.25, 0.3) is 0 Å². The van der Waals surface area contributed by atoms with E-state index in [1.807, 2.05) is 24.3 Å². The molecule has 3 rings (SSSR count). The number of hydrogen-bond acceptors (Lipinski definition) is 5. The molecule has 26 heavy (non-hydrogen) atoms. The van der Waals surface area contributed by atoms with Crippen LogP contribution in [-0.2, 0) is 0 Å². The molecule has 0 atom stereocenters. The van der Waals surface area contributed by atoms with Crippen molar-refractivity contribution in [3.63, 3.8) is 0 Å². The summed E-state index contributed by atoms with van der Waals surface area (Å²) in [5, 5.41) is 0. The number of methoxy groups -OCH3 is 1. The average Bonchev–Trinajstić information content (AvgIpc) is 2.68.